The van der Waals surface area contributed by atoms with E-state index in [-0.39, 0.29) is 11.4 Å². The Morgan fingerprint density at radius 1 is 0.852 bits per heavy atom. The van der Waals surface area contributed by atoms with Gasteiger partial charge in [-0.05, 0) is 36.4 Å². The lowest BCUT2D eigenvalue weighted by molar-refractivity contribution is -0.137. The smallest absolute Gasteiger partial charge is 0.416 e. The lowest BCUT2D eigenvalue weighted by Crippen LogP contribution is -2.04. The fourth-order valence-corrected chi connectivity index (χ4v) is 2.35. The third kappa shape index (κ3) is 4.23. The number of rotatable bonds is 3. The van der Waals surface area contributed by atoms with Crippen LogP contribution >= 0.6 is 0 Å². The Labute approximate surface area is 152 Å². The van der Waals surface area contributed by atoms with Crippen molar-refractivity contribution < 1.29 is 17.9 Å². The summed E-state index contributed by atoms with van der Waals surface area (Å²) in [5.41, 5.74) is 0.579. The van der Waals surface area contributed by atoms with Crippen LogP contribution < -0.4 is 4.74 Å². The van der Waals surface area contributed by atoms with Crippen LogP contribution in [0.3, 0.4) is 0 Å². The number of nitrogens with zero attached hydrogens (tertiary/aromatic N) is 3. The number of ether oxygens (including phenoxy) is 1. The normalized spacial score (nSPS) is 10.7. The summed E-state index contributed by atoms with van der Waals surface area (Å²) >= 11 is 0. The molecule has 0 saturated heterocycles. The van der Waals surface area contributed by atoms with Crippen LogP contribution in [0, 0.1) is 22.7 Å². The third-order valence-electron chi connectivity index (χ3n) is 3.62. The maximum absolute atomic E-state index is 12.7. The number of hydrogen-bond acceptors (Lipinski definition) is 4. The van der Waals surface area contributed by atoms with Gasteiger partial charge in [0, 0.05) is 11.6 Å². The molecular weight excluding hydrogens is 355 g/mol. The second kappa shape index (κ2) is 7.19. The van der Waals surface area contributed by atoms with E-state index in [4.69, 9.17) is 10.00 Å². The van der Waals surface area contributed by atoms with E-state index in [0.717, 1.165) is 12.1 Å². The molecule has 7 heteroatoms. The Kier molecular flexibility index (Phi) is 4.78. The van der Waals surface area contributed by atoms with Crippen LogP contribution in [-0.2, 0) is 6.18 Å². The van der Waals surface area contributed by atoms with Crippen molar-refractivity contribution in [2.24, 2.45) is 0 Å². The average molecular weight is 365 g/mol. The Bertz CT molecular complexity index is 1060. The fraction of sp³-hybridized carbons (Fsp3) is 0.0500. The molecule has 1 aromatic heterocycles. The minimum Gasteiger partial charge on any atom is -0.439 e. The van der Waals surface area contributed by atoms with Gasteiger partial charge in [0.1, 0.15) is 5.75 Å². The highest BCUT2D eigenvalue weighted by Gasteiger charge is 2.30. The van der Waals surface area contributed by atoms with Gasteiger partial charge < -0.3 is 4.74 Å². The summed E-state index contributed by atoms with van der Waals surface area (Å²) in [6.07, 6.45) is -4.43. The molecule has 0 bridgehead atoms. The minimum absolute atomic E-state index is 0.0963. The van der Waals surface area contributed by atoms with E-state index < -0.39 is 11.7 Å². The maximum Gasteiger partial charge on any atom is 0.416 e. The van der Waals surface area contributed by atoms with Gasteiger partial charge in [-0.25, -0.2) is 4.98 Å². The number of aromatic nitrogens is 1. The van der Waals surface area contributed by atoms with Crippen LogP contribution in [0.2, 0.25) is 0 Å². The molecule has 0 aliphatic carbocycles. The quantitative estimate of drug-likeness (QED) is 0.631. The van der Waals surface area contributed by atoms with Crippen molar-refractivity contribution in [2.75, 3.05) is 0 Å². The molecule has 0 N–H and O–H groups in total. The van der Waals surface area contributed by atoms with E-state index in [0.29, 0.717) is 22.6 Å². The maximum atomic E-state index is 12.7. The van der Waals surface area contributed by atoms with Gasteiger partial charge in [-0.3, -0.25) is 0 Å². The first-order valence-corrected chi connectivity index (χ1v) is 7.67. The van der Waals surface area contributed by atoms with E-state index in [1.54, 1.807) is 18.2 Å². The van der Waals surface area contributed by atoms with Crippen molar-refractivity contribution in [2.45, 2.75) is 6.18 Å². The molecule has 0 spiro atoms. The molecule has 27 heavy (non-hydrogen) atoms. The minimum atomic E-state index is -4.43. The second-order valence-electron chi connectivity index (χ2n) is 5.51. The third-order valence-corrected chi connectivity index (χ3v) is 3.62. The number of alkyl halides is 3. The summed E-state index contributed by atoms with van der Waals surface area (Å²) in [6, 6.07) is 17.7. The number of hydrogen-bond donors (Lipinski definition) is 0. The molecule has 0 aliphatic heterocycles. The number of benzene rings is 2. The largest absolute Gasteiger partial charge is 0.439 e. The van der Waals surface area contributed by atoms with Crippen LogP contribution in [0.5, 0.6) is 11.6 Å². The number of nitriles is 2. The molecule has 0 amide bonds. The van der Waals surface area contributed by atoms with Gasteiger partial charge in [-0.1, -0.05) is 18.2 Å². The van der Waals surface area contributed by atoms with Crippen molar-refractivity contribution in [1.82, 2.24) is 4.98 Å². The van der Waals surface area contributed by atoms with E-state index in [1.165, 1.54) is 30.3 Å². The van der Waals surface area contributed by atoms with Crippen LogP contribution in [0.4, 0.5) is 13.2 Å². The summed E-state index contributed by atoms with van der Waals surface area (Å²) in [5, 5.41) is 18.1. The summed E-state index contributed by atoms with van der Waals surface area (Å²) in [7, 11) is 0. The van der Waals surface area contributed by atoms with Gasteiger partial charge in [0.05, 0.1) is 34.5 Å². The molecule has 0 atom stereocenters. The monoisotopic (exact) mass is 365 g/mol. The first-order chi connectivity index (χ1) is 12.9. The molecule has 3 rings (SSSR count). The highest BCUT2D eigenvalue weighted by molar-refractivity contribution is 5.62. The SMILES string of the molecule is N#Cc1cccc(Oc2cc(C#N)cc(-c3ccc(C(F)(F)F)cc3)n2)c1. The average Bonchev–Trinajstić information content (AvgIpc) is 2.67. The van der Waals surface area contributed by atoms with E-state index >= 15 is 0 Å². The van der Waals surface area contributed by atoms with Gasteiger partial charge >= 0.3 is 6.18 Å². The first kappa shape index (κ1) is 18.0. The van der Waals surface area contributed by atoms with Crippen LogP contribution in [-0.4, -0.2) is 4.98 Å². The van der Waals surface area contributed by atoms with Crippen LogP contribution in [0.1, 0.15) is 16.7 Å². The predicted molar refractivity (Wildman–Crippen MR) is 90.6 cm³/mol. The second-order valence-corrected chi connectivity index (χ2v) is 5.51. The van der Waals surface area contributed by atoms with E-state index in [9.17, 15) is 18.4 Å². The summed E-state index contributed by atoms with van der Waals surface area (Å²) in [5.74, 6) is 0.453. The molecule has 1 heterocycles. The zero-order chi connectivity index (χ0) is 19.4. The van der Waals surface area contributed by atoms with Crippen molar-refractivity contribution in [3.8, 4) is 35.0 Å². The molecule has 0 fully saturated rings. The molecule has 132 valence electrons. The Hall–Kier alpha value is -3.84. The molecule has 0 unspecified atom stereocenters. The Morgan fingerprint density at radius 3 is 2.19 bits per heavy atom. The Morgan fingerprint density at radius 2 is 1.56 bits per heavy atom. The summed E-state index contributed by atoms with van der Waals surface area (Å²) < 4.78 is 43.7. The molecule has 3 aromatic rings. The van der Waals surface area contributed by atoms with Gasteiger partial charge in [0.15, 0.2) is 0 Å². The Balaban J connectivity index is 1.96. The standard InChI is InChI=1S/C20H10F3N3O/c21-20(22,23)16-6-4-15(5-7-16)18-9-14(12-25)10-19(26-18)27-17-3-1-2-13(8-17)11-24/h1-10H. The molecular formula is C20H10F3N3O. The van der Waals surface area contributed by atoms with Gasteiger partial charge in [0.25, 0.3) is 0 Å². The first-order valence-electron chi connectivity index (χ1n) is 7.67. The fourth-order valence-electron chi connectivity index (χ4n) is 2.35. The van der Waals surface area contributed by atoms with E-state index in [2.05, 4.69) is 4.98 Å². The highest BCUT2D eigenvalue weighted by Crippen LogP contribution is 2.31. The highest BCUT2D eigenvalue weighted by atomic mass is 19.4. The number of pyridine rings is 1. The zero-order valence-corrected chi connectivity index (χ0v) is 13.7. The van der Waals surface area contributed by atoms with Crippen LogP contribution in [0.15, 0.2) is 60.7 Å². The van der Waals surface area contributed by atoms with Crippen LogP contribution in [0.25, 0.3) is 11.3 Å². The van der Waals surface area contributed by atoms with Crippen molar-refractivity contribution in [3.05, 3.63) is 77.4 Å². The number of halogens is 3. The molecule has 0 aliphatic rings. The van der Waals surface area contributed by atoms with E-state index in [1.807, 2.05) is 12.1 Å². The summed E-state index contributed by atoms with van der Waals surface area (Å²) in [4.78, 5) is 4.26. The van der Waals surface area contributed by atoms with Gasteiger partial charge in [-0.15, -0.1) is 0 Å². The van der Waals surface area contributed by atoms with Gasteiger partial charge in [0.2, 0.25) is 5.88 Å². The van der Waals surface area contributed by atoms with Crippen molar-refractivity contribution in [3.63, 3.8) is 0 Å². The van der Waals surface area contributed by atoms with Crippen molar-refractivity contribution in [1.29, 1.82) is 10.5 Å². The lowest BCUT2D eigenvalue weighted by Gasteiger charge is -2.10. The topological polar surface area (TPSA) is 69.7 Å². The van der Waals surface area contributed by atoms with Gasteiger partial charge in [-0.2, -0.15) is 23.7 Å². The summed E-state index contributed by atoms with van der Waals surface area (Å²) in [6.45, 7) is 0. The lowest BCUT2D eigenvalue weighted by atomic mass is 10.1. The zero-order valence-electron chi connectivity index (χ0n) is 13.7. The molecule has 2 aromatic carbocycles. The predicted octanol–water partition coefficient (Wildman–Crippen LogP) is 5.30. The molecule has 0 saturated carbocycles. The molecule has 4 nitrogen and oxygen atoms in total. The van der Waals surface area contributed by atoms with Crippen molar-refractivity contribution >= 4 is 0 Å². The molecule has 0 radical (unpaired) electrons.